The van der Waals surface area contributed by atoms with Crippen LogP contribution in [0, 0.1) is 13.8 Å². The number of aryl methyl sites for hydroxylation is 2. The summed E-state index contributed by atoms with van der Waals surface area (Å²) in [7, 11) is 0. The number of nitrogens with zero attached hydrogens (tertiary/aromatic N) is 2. The predicted molar refractivity (Wildman–Crippen MR) is 70.3 cm³/mol. The van der Waals surface area contributed by atoms with E-state index < -0.39 is 0 Å². The largest absolute Gasteiger partial charge is 0.347 e. The van der Waals surface area contributed by atoms with E-state index in [0.29, 0.717) is 6.04 Å². The Hall–Kier alpha value is -1.16. The molecular formula is C13H23N3O. The first-order valence-corrected chi connectivity index (χ1v) is 6.33. The molecule has 0 aliphatic heterocycles. The molecule has 1 unspecified atom stereocenters. The van der Waals surface area contributed by atoms with Crippen molar-refractivity contribution in [1.82, 2.24) is 14.9 Å². The lowest BCUT2D eigenvalue weighted by Gasteiger charge is -2.13. The zero-order chi connectivity index (χ0) is 12.8. The molecule has 1 aromatic heterocycles. The van der Waals surface area contributed by atoms with Gasteiger partial charge in [0.2, 0.25) is 0 Å². The highest BCUT2D eigenvalue weighted by atomic mass is 16.1. The van der Waals surface area contributed by atoms with E-state index in [1.54, 1.807) is 4.57 Å². The second kappa shape index (κ2) is 6.55. The second-order valence-corrected chi connectivity index (χ2v) is 4.57. The summed E-state index contributed by atoms with van der Waals surface area (Å²) in [6.07, 6.45) is 2.08. The van der Waals surface area contributed by atoms with Gasteiger partial charge in [-0.2, -0.15) is 4.98 Å². The Kier molecular flexibility index (Phi) is 5.35. The van der Waals surface area contributed by atoms with E-state index in [-0.39, 0.29) is 5.69 Å². The molecule has 96 valence electrons. The molecule has 1 N–H and O–H groups in total. The van der Waals surface area contributed by atoms with E-state index in [1.807, 2.05) is 19.9 Å². The van der Waals surface area contributed by atoms with Crippen molar-refractivity contribution in [3.63, 3.8) is 0 Å². The molecule has 0 aromatic carbocycles. The molecular weight excluding hydrogens is 214 g/mol. The number of rotatable bonds is 6. The maximum absolute atomic E-state index is 11.7. The fourth-order valence-corrected chi connectivity index (χ4v) is 2.05. The van der Waals surface area contributed by atoms with Crippen LogP contribution in [-0.2, 0) is 6.54 Å². The summed E-state index contributed by atoms with van der Waals surface area (Å²) in [5, 5.41) is 3.37. The van der Waals surface area contributed by atoms with Crippen LogP contribution in [0.25, 0.3) is 0 Å². The van der Waals surface area contributed by atoms with Crippen LogP contribution in [0.3, 0.4) is 0 Å². The normalized spacial score (nSPS) is 12.7. The molecule has 1 heterocycles. The van der Waals surface area contributed by atoms with Crippen molar-refractivity contribution in [2.24, 2.45) is 0 Å². The van der Waals surface area contributed by atoms with Crippen LogP contribution in [0.15, 0.2) is 10.9 Å². The lowest BCUT2D eigenvalue weighted by Crippen LogP contribution is -2.28. The van der Waals surface area contributed by atoms with Crippen molar-refractivity contribution in [3.05, 3.63) is 27.9 Å². The minimum Gasteiger partial charge on any atom is -0.315 e. The van der Waals surface area contributed by atoms with Crippen molar-refractivity contribution in [1.29, 1.82) is 0 Å². The van der Waals surface area contributed by atoms with Gasteiger partial charge >= 0.3 is 5.69 Å². The van der Waals surface area contributed by atoms with Crippen LogP contribution in [0.2, 0.25) is 0 Å². The first kappa shape index (κ1) is 13.9. The molecule has 0 spiro atoms. The minimum atomic E-state index is -0.126. The number of nitrogens with one attached hydrogen (secondary N) is 1. The average molecular weight is 237 g/mol. The minimum absolute atomic E-state index is 0.126. The fourth-order valence-electron chi connectivity index (χ4n) is 2.05. The Labute approximate surface area is 103 Å². The van der Waals surface area contributed by atoms with Gasteiger partial charge in [0.25, 0.3) is 0 Å². The summed E-state index contributed by atoms with van der Waals surface area (Å²) in [5.74, 6) is 0. The summed E-state index contributed by atoms with van der Waals surface area (Å²) in [5.41, 5.74) is 1.67. The van der Waals surface area contributed by atoms with Gasteiger partial charge in [-0.1, -0.05) is 6.92 Å². The van der Waals surface area contributed by atoms with Gasteiger partial charge in [0, 0.05) is 24.0 Å². The van der Waals surface area contributed by atoms with Crippen LogP contribution >= 0.6 is 0 Å². The van der Waals surface area contributed by atoms with Crippen LogP contribution in [-0.4, -0.2) is 22.1 Å². The van der Waals surface area contributed by atoms with Gasteiger partial charge in [-0.15, -0.1) is 0 Å². The smallest absolute Gasteiger partial charge is 0.315 e. The highest BCUT2D eigenvalue weighted by molar-refractivity contribution is 5.06. The van der Waals surface area contributed by atoms with Gasteiger partial charge in [0.05, 0.1) is 0 Å². The molecule has 4 heteroatoms. The van der Waals surface area contributed by atoms with Gasteiger partial charge < -0.3 is 5.32 Å². The van der Waals surface area contributed by atoms with E-state index in [1.165, 1.54) is 0 Å². The maximum Gasteiger partial charge on any atom is 0.347 e. The Bertz CT molecular complexity index is 412. The second-order valence-electron chi connectivity index (χ2n) is 4.57. The summed E-state index contributed by atoms with van der Waals surface area (Å²) in [4.78, 5) is 15.7. The van der Waals surface area contributed by atoms with Crippen molar-refractivity contribution in [3.8, 4) is 0 Å². The quantitative estimate of drug-likeness (QED) is 0.818. The highest BCUT2D eigenvalue weighted by Gasteiger charge is 2.04. The SMILES string of the molecule is CCNC(C)CCCn1c(C)cc(C)nc1=O. The van der Waals surface area contributed by atoms with Crippen LogP contribution < -0.4 is 11.0 Å². The monoisotopic (exact) mass is 237 g/mol. The molecule has 1 atom stereocenters. The molecule has 1 rings (SSSR count). The molecule has 4 nitrogen and oxygen atoms in total. The van der Waals surface area contributed by atoms with Crippen LogP contribution in [0.1, 0.15) is 38.1 Å². The van der Waals surface area contributed by atoms with Crippen molar-refractivity contribution < 1.29 is 0 Å². The van der Waals surface area contributed by atoms with E-state index in [0.717, 1.165) is 37.3 Å². The van der Waals surface area contributed by atoms with E-state index >= 15 is 0 Å². The first-order valence-electron chi connectivity index (χ1n) is 6.33. The Morgan fingerprint density at radius 3 is 2.76 bits per heavy atom. The zero-order valence-corrected chi connectivity index (χ0v) is 11.3. The summed E-state index contributed by atoms with van der Waals surface area (Å²) in [6.45, 7) is 9.84. The average Bonchev–Trinajstić information content (AvgIpc) is 2.22. The Morgan fingerprint density at radius 1 is 1.47 bits per heavy atom. The van der Waals surface area contributed by atoms with Gasteiger partial charge in [-0.25, -0.2) is 4.79 Å². The lowest BCUT2D eigenvalue weighted by atomic mass is 10.2. The molecule has 0 radical (unpaired) electrons. The van der Waals surface area contributed by atoms with Crippen molar-refractivity contribution in [2.45, 2.75) is 53.1 Å². The number of aromatic nitrogens is 2. The third-order valence-corrected chi connectivity index (χ3v) is 2.92. The highest BCUT2D eigenvalue weighted by Crippen LogP contribution is 2.02. The Balaban J connectivity index is 2.55. The lowest BCUT2D eigenvalue weighted by molar-refractivity contribution is 0.476. The molecule has 0 saturated carbocycles. The third kappa shape index (κ3) is 4.30. The molecule has 0 bridgehead atoms. The van der Waals surface area contributed by atoms with E-state index in [2.05, 4.69) is 24.1 Å². The van der Waals surface area contributed by atoms with Crippen LogP contribution in [0.4, 0.5) is 0 Å². The third-order valence-electron chi connectivity index (χ3n) is 2.92. The number of hydrogen-bond acceptors (Lipinski definition) is 3. The summed E-state index contributed by atoms with van der Waals surface area (Å²) in [6, 6.07) is 2.46. The molecule has 17 heavy (non-hydrogen) atoms. The van der Waals surface area contributed by atoms with E-state index in [9.17, 15) is 4.79 Å². The molecule has 0 saturated heterocycles. The van der Waals surface area contributed by atoms with Gasteiger partial charge in [-0.3, -0.25) is 4.57 Å². The fraction of sp³-hybridized carbons (Fsp3) is 0.692. The van der Waals surface area contributed by atoms with Crippen molar-refractivity contribution in [2.75, 3.05) is 6.54 Å². The molecule has 0 amide bonds. The maximum atomic E-state index is 11.7. The van der Waals surface area contributed by atoms with Gasteiger partial charge in [-0.05, 0) is 46.2 Å². The molecule has 1 aromatic rings. The summed E-state index contributed by atoms with van der Waals surface area (Å²) >= 11 is 0. The number of hydrogen-bond donors (Lipinski definition) is 1. The van der Waals surface area contributed by atoms with Crippen molar-refractivity contribution >= 4 is 0 Å². The standard InChI is InChI=1S/C13H23N3O/c1-5-14-10(2)7-6-8-16-12(4)9-11(3)15-13(16)17/h9-10,14H,5-8H2,1-4H3. The molecule has 0 aliphatic carbocycles. The molecule has 0 fully saturated rings. The summed E-state index contributed by atoms with van der Waals surface area (Å²) < 4.78 is 1.76. The first-order chi connectivity index (χ1) is 8.04. The topological polar surface area (TPSA) is 46.9 Å². The molecule has 0 aliphatic rings. The van der Waals surface area contributed by atoms with Gasteiger partial charge in [0.1, 0.15) is 0 Å². The zero-order valence-electron chi connectivity index (χ0n) is 11.3. The van der Waals surface area contributed by atoms with Gasteiger partial charge in [0.15, 0.2) is 0 Å². The van der Waals surface area contributed by atoms with E-state index in [4.69, 9.17) is 0 Å². The Morgan fingerprint density at radius 2 is 2.18 bits per heavy atom. The van der Waals surface area contributed by atoms with Crippen LogP contribution in [0.5, 0.6) is 0 Å². The predicted octanol–water partition coefficient (Wildman–Crippen LogP) is 1.64.